The van der Waals surface area contributed by atoms with Crippen molar-refractivity contribution in [3.63, 3.8) is 0 Å². The van der Waals surface area contributed by atoms with E-state index < -0.39 is 17.8 Å². The van der Waals surface area contributed by atoms with E-state index in [1.807, 2.05) is 0 Å². The second-order valence-corrected chi connectivity index (χ2v) is 6.42. The minimum atomic E-state index is -1.11. The van der Waals surface area contributed by atoms with Crippen LogP contribution in [0.2, 0.25) is 0 Å². The Hall–Kier alpha value is -0.320. The monoisotopic (exact) mass is 346 g/mol. The van der Waals surface area contributed by atoms with Crippen LogP contribution < -0.4 is 34.7 Å². The number of carbonyl (C=O) groups is 2. The van der Waals surface area contributed by atoms with Crippen LogP contribution in [-0.4, -0.2) is 18.5 Å². The number of ether oxygens (including phenoxy) is 1. The van der Waals surface area contributed by atoms with Crippen molar-refractivity contribution in [3.8, 4) is 0 Å². The number of hydrogen-bond donors (Lipinski definition) is 0. The summed E-state index contributed by atoms with van der Waals surface area (Å²) in [5.74, 6) is -2.61. The van der Waals surface area contributed by atoms with Gasteiger partial charge in [-0.2, -0.15) is 0 Å². The molecule has 0 aliphatic heterocycles. The van der Waals surface area contributed by atoms with Gasteiger partial charge in [0.25, 0.3) is 0 Å². The first-order chi connectivity index (χ1) is 11.2. The Balaban J connectivity index is 0.00000529. The maximum absolute atomic E-state index is 12.0. The Morgan fingerprint density at radius 3 is 2.29 bits per heavy atom. The van der Waals surface area contributed by atoms with Crippen LogP contribution in [0.25, 0.3) is 0 Å². The molecule has 24 heavy (non-hydrogen) atoms. The number of carboxylic acids is 1. The van der Waals surface area contributed by atoms with Crippen LogP contribution in [0.4, 0.5) is 0 Å². The first kappa shape index (κ1) is 23.7. The summed E-state index contributed by atoms with van der Waals surface area (Å²) in [7, 11) is 0. The predicted octanol–water partition coefficient (Wildman–Crippen LogP) is 0.397. The minimum Gasteiger partial charge on any atom is -0.550 e. The Labute approximate surface area is 168 Å². The van der Waals surface area contributed by atoms with Gasteiger partial charge in [0, 0.05) is 11.9 Å². The molecule has 0 saturated heterocycles. The first-order valence-corrected chi connectivity index (χ1v) is 9.19. The number of unbranched alkanes of at least 4 members (excludes halogenated alkanes) is 5. The van der Waals surface area contributed by atoms with E-state index in [-0.39, 0.29) is 35.5 Å². The quantitative estimate of drug-likeness (QED) is 0.235. The van der Waals surface area contributed by atoms with Crippen LogP contribution in [0.5, 0.6) is 0 Å². The average molecular weight is 346 g/mol. The number of hydrogen-bond acceptors (Lipinski definition) is 4. The van der Waals surface area contributed by atoms with Crippen LogP contribution >= 0.6 is 0 Å². The van der Waals surface area contributed by atoms with Crippen LogP contribution in [0, 0.1) is 11.8 Å². The second kappa shape index (κ2) is 15.0. The van der Waals surface area contributed by atoms with Gasteiger partial charge in [0.05, 0.1) is 12.5 Å². The Kier molecular flexibility index (Phi) is 14.8. The zero-order chi connectivity index (χ0) is 16.9. The third kappa shape index (κ3) is 9.85. The van der Waals surface area contributed by atoms with Crippen molar-refractivity contribution in [2.45, 2.75) is 77.6 Å². The maximum Gasteiger partial charge on any atom is 1.00 e. The molecular weight excluding hydrogens is 315 g/mol. The van der Waals surface area contributed by atoms with E-state index in [2.05, 4.69) is 19.1 Å². The van der Waals surface area contributed by atoms with Gasteiger partial charge in [-0.1, -0.05) is 51.2 Å². The van der Waals surface area contributed by atoms with Gasteiger partial charge < -0.3 is 14.6 Å². The van der Waals surface area contributed by atoms with Crippen molar-refractivity contribution in [1.82, 2.24) is 0 Å². The van der Waals surface area contributed by atoms with Crippen LogP contribution in [-0.2, 0) is 14.3 Å². The molecule has 5 heteroatoms. The van der Waals surface area contributed by atoms with Gasteiger partial charge >= 0.3 is 35.5 Å². The zero-order valence-electron chi connectivity index (χ0n) is 15.4. The molecule has 0 bridgehead atoms. The number of allylic oxidation sites excluding steroid dienone is 2. The second-order valence-electron chi connectivity index (χ2n) is 6.42. The van der Waals surface area contributed by atoms with E-state index in [0.717, 1.165) is 44.9 Å². The molecule has 2 atom stereocenters. The molecule has 1 saturated carbocycles. The van der Waals surface area contributed by atoms with Gasteiger partial charge in [-0.05, 0) is 38.5 Å². The number of esters is 1. The molecule has 0 radical (unpaired) electrons. The number of rotatable bonds is 11. The van der Waals surface area contributed by atoms with Gasteiger partial charge in [-0.3, -0.25) is 4.79 Å². The summed E-state index contributed by atoms with van der Waals surface area (Å²) < 4.78 is 5.28. The molecule has 0 N–H and O–H groups in total. The minimum absolute atomic E-state index is 0. The van der Waals surface area contributed by atoms with Crippen molar-refractivity contribution in [3.05, 3.63) is 12.2 Å². The van der Waals surface area contributed by atoms with Crippen LogP contribution in [0.1, 0.15) is 77.6 Å². The van der Waals surface area contributed by atoms with Crippen molar-refractivity contribution >= 4 is 11.9 Å². The van der Waals surface area contributed by atoms with Crippen LogP contribution in [0.3, 0.4) is 0 Å². The van der Waals surface area contributed by atoms with E-state index in [1.165, 1.54) is 12.8 Å². The largest absolute Gasteiger partial charge is 1.00 e. The summed E-state index contributed by atoms with van der Waals surface area (Å²) in [6.07, 6.45) is 15.1. The third-order valence-corrected chi connectivity index (χ3v) is 4.53. The summed E-state index contributed by atoms with van der Waals surface area (Å²) in [5, 5.41) is 11.1. The molecule has 0 spiro atoms. The van der Waals surface area contributed by atoms with Gasteiger partial charge in [0.2, 0.25) is 0 Å². The topological polar surface area (TPSA) is 66.4 Å². The first-order valence-electron chi connectivity index (χ1n) is 9.19. The maximum atomic E-state index is 12.0. The molecule has 1 aliphatic rings. The molecule has 1 rings (SSSR count). The SMILES string of the molecule is CC/C=C/CCCCCCCOC(=O)C1CCCCC1C(=O)[O-].[Na+]. The fourth-order valence-corrected chi connectivity index (χ4v) is 3.15. The van der Waals surface area contributed by atoms with Crippen molar-refractivity contribution in [1.29, 1.82) is 0 Å². The van der Waals surface area contributed by atoms with Crippen LogP contribution in [0.15, 0.2) is 12.2 Å². The Bertz CT molecular complexity index is 382. The average Bonchev–Trinajstić information content (AvgIpc) is 2.56. The Morgan fingerprint density at radius 1 is 1.00 bits per heavy atom. The predicted molar refractivity (Wildman–Crippen MR) is 88.5 cm³/mol. The summed E-state index contributed by atoms with van der Waals surface area (Å²) in [6.45, 7) is 2.55. The van der Waals surface area contributed by atoms with Gasteiger partial charge in [0.15, 0.2) is 0 Å². The molecule has 0 heterocycles. The summed E-state index contributed by atoms with van der Waals surface area (Å²) in [6, 6.07) is 0. The van der Waals surface area contributed by atoms with E-state index in [1.54, 1.807) is 0 Å². The number of carboxylic acid groups (broad SMARTS) is 1. The van der Waals surface area contributed by atoms with Crippen molar-refractivity contribution < 1.29 is 49.0 Å². The zero-order valence-corrected chi connectivity index (χ0v) is 17.4. The number of aliphatic carboxylic acids is 1. The normalized spacial score (nSPS) is 20.5. The molecule has 1 fully saturated rings. The number of carbonyl (C=O) groups excluding carboxylic acids is 2. The Morgan fingerprint density at radius 2 is 1.62 bits per heavy atom. The van der Waals surface area contributed by atoms with E-state index in [9.17, 15) is 14.7 Å². The van der Waals surface area contributed by atoms with Gasteiger partial charge in [-0.15, -0.1) is 0 Å². The fourth-order valence-electron chi connectivity index (χ4n) is 3.15. The van der Waals surface area contributed by atoms with Crippen molar-refractivity contribution in [2.24, 2.45) is 11.8 Å². The van der Waals surface area contributed by atoms with Gasteiger partial charge in [-0.25, -0.2) is 0 Å². The van der Waals surface area contributed by atoms with Gasteiger partial charge in [0.1, 0.15) is 0 Å². The van der Waals surface area contributed by atoms with Crippen molar-refractivity contribution in [2.75, 3.05) is 6.61 Å². The smallest absolute Gasteiger partial charge is 0.550 e. The standard InChI is InChI=1S/C19H32O4.Na/c1-2-3-4-5-6-7-8-9-12-15-23-19(22)17-14-11-10-13-16(17)18(20)21;/h3-4,16-17H,2,5-15H2,1H3,(H,20,21);/q;+1/p-1/b4-3+;. The molecule has 0 aromatic rings. The molecule has 1 aliphatic carbocycles. The third-order valence-electron chi connectivity index (χ3n) is 4.53. The molecule has 2 unspecified atom stereocenters. The van der Waals surface area contributed by atoms with E-state index in [0.29, 0.717) is 19.4 Å². The summed E-state index contributed by atoms with van der Waals surface area (Å²) in [4.78, 5) is 23.1. The molecule has 4 nitrogen and oxygen atoms in total. The summed E-state index contributed by atoms with van der Waals surface area (Å²) in [5.41, 5.74) is 0. The fraction of sp³-hybridized carbons (Fsp3) is 0.789. The van der Waals surface area contributed by atoms with E-state index in [4.69, 9.17) is 4.74 Å². The molecule has 0 aromatic carbocycles. The molecule has 0 aromatic heterocycles. The molecular formula is C19H31NaO4. The summed E-state index contributed by atoms with van der Waals surface area (Å²) >= 11 is 0. The van der Waals surface area contributed by atoms with E-state index >= 15 is 0 Å². The molecule has 0 amide bonds. The molecule has 132 valence electrons.